The zero-order chi connectivity index (χ0) is 16.5. The number of hydrogen-bond donors (Lipinski definition) is 1. The summed E-state index contributed by atoms with van der Waals surface area (Å²) in [6.07, 6.45) is 0.902. The minimum atomic E-state index is 0.0624. The number of nitrogens with one attached hydrogen (secondary N) is 1. The maximum Gasteiger partial charge on any atom is 0.231 e. The van der Waals surface area contributed by atoms with Crippen LogP contribution in [0, 0.1) is 5.92 Å². The molecule has 0 radical (unpaired) electrons. The molecule has 5 heteroatoms. The Morgan fingerprint density at radius 2 is 1.96 bits per heavy atom. The standard InChI is InChI=1S/C19H19NO4/c1-22-14-5-3-13(4-6-14)15-9-16(15)19(21)20-10-12-2-7-17-18(8-12)24-11-23-17/h2-8,15-16H,9-11H2,1H3,(H,20,21). The van der Waals surface area contributed by atoms with E-state index in [1.165, 1.54) is 5.56 Å². The van der Waals surface area contributed by atoms with Crippen molar-refractivity contribution in [2.24, 2.45) is 5.92 Å². The van der Waals surface area contributed by atoms with Gasteiger partial charge in [0.25, 0.3) is 0 Å². The van der Waals surface area contributed by atoms with Crippen LogP contribution in [0.2, 0.25) is 0 Å². The van der Waals surface area contributed by atoms with E-state index in [-0.39, 0.29) is 18.6 Å². The summed E-state index contributed by atoms with van der Waals surface area (Å²) in [5, 5.41) is 3.01. The van der Waals surface area contributed by atoms with E-state index < -0.39 is 0 Å². The van der Waals surface area contributed by atoms with Gasteiger partial charge in [0, 0.05) is 12.5 Å². The zero-order valence-corrected chi connectivity index (χ0v) is 13.5. The van der Waals surface area contributed by atoms with E-state index >= 15 is 0 Å². The van der Waals surface area contributed by atoms with Crippen molar-refractivity contribution in [2.75, 3.05) is 13.9 Å². The van der Waals surface area contributed by atoms with E-state index in [1.807, 2.05) is 42.5 Å². The highest BCUT2D eigenvalue weighted by atomic mass is 16.7. The van der Waals surface area contributed by atoms with Gasteiger partial charge in [-0.05, 0) is 47.7 Å². The van der Waals surface area contributed by atoms with Crippen LogP contribution in [0.25, 0.3) is 0 Å². The predicted octanol–water partition coefficient (Wildman–Crippen LogP) is 2.84. The maximum atomic E-state index is 12.3. The van der Waals surface area contributed by atoms with E-state index in [0.29, 0.717) is 12.5 Å². The third-order valence-electron chi connectivity index (χ3n) is 4.57. The number of carbonyl (C=O) groups excluding carboxylic acids is 1. The molecule has 1 aliphatic carbocycles. The first-order chi connectivity index (χ1) is 11.7. The van der Waals surface area contributed by atoms with E-state index in [2.05, 4.69) is 5.32 Å². The summed E-state index contributed by atoms with van der Waals surface area (Å²) in [6.45, 7) is 0.762. The molecule has 0 spiro atoms. The Hall–Kier alpha value is -2.69. The second-order valence-corrected chi connectivity index (χ2v) is 6.13. The molecule has 1 aliphatic heterocycles. The lowest BCUT2D eigenvalue weighted by Crippen LogP contribution is -2.24. The summed E-state index contributed by atoms with van der Waals surface area (Å²) in [6, 6.07) is 13.7. The van der Waals surface area contributed by atoms with Gasteiger partial charge in [-0.15, -0.1) is 0 Å². The van der Waals surface area contributed by atoms with Gasteiger partial charge in [-0.1, -0.05) is 18.2 Å². The maximum absolute atomic E-state index is 12.3. The van der Waals surface area contributed by atoms with Crippen LogP contribution in [-0.2, 0) is 11.3 Å². The second kappa shape index (κ2) is 6.07. The average molecular weight is 325 g/mol. The van der Waals surface area contributed by atoms with Crippen molar-refractivity contribution in [3.8, 4) is 17.2 Å². The minimum Gasteiger partial charge on any atom is -0.497 e. The van der Waals surface area contributed by atoms with Crippen LogP contribution in [-0.4, -0.2) is 19.8 Å². The number of amides is 1. The van der Waals surface area contributed by atoms with Gasteiger partial charge in [0.15, 0.2) is 11.5 Å². The van der Waals surface area contributed by atoms with Crippen molar-refractivity contribution in [3.63, 3.8) is 0 Å². The number of benzene rings is 2. The smallest absolute Gasteiger partial charge is 0.231 e. The summed E-state index contributed by atoms with van der Waals surface area (Å²) < 4.78 is 15.8. The van der Waals surface area contributed by atoms with Gasteiger partial charge in [0.05, 0.1) is 7.11 Å². The number of ether oxygens (including phenoxy) is 3. The third kappa shape index (κ3) is 2.89. The van der Waals surface area contributed by atoms with E-state index in [4.69, 9.17) is 14.2 Å². The molecule has 124 valence electrons. The Kier molecular flexibility index (Phi) is 3.76. The lowest BCUT2D eigenvalue weighted by atomic mass is 10.1. The fourth-order valence-corrected chi connectivity index (χ4v) is 3.08. The molecule has 24 heavy (non-hydrogen) atoms. The van der Waals surface area contributed by atoms with Crippen molar-refractivity contribution in [1.29, 1.82) is 0 Å². The Bertz CT molecular complexity index is 756. The molecule has 0 bridgehead atoms. The molecule has 2 atom stereocenters. The average Bonchev–Trinajstić information content (AvgIpc) is 3.29. The summed E-state index contributed by atoms with van der Waals surface area (Å²) in [7, 11) is 1.65. The van der Waals surface area contributed by atoms with Gasteiger partial charge in [-0.25, -0.2) is 0 Å². The molecule has 5 nitrogen and oxygen atoms in total. The van der Waals surface area contributed by atoms with Gasteiger partial charge in [0.1, 0.15) is 5.75 Å². The van der Waals surface area contributed by atoms with Crippen LogP contribution in [0.3, 0.4) is 0 Å². The molecule has 4 rings (SSSR count). The van der Waals surface area contributed by atoms with E-state index in [0.717, 1.165) is 29.2 Å². The Morgan fingerprint density at radius 1 is 1.17 bits per heavy atom. The molecule has 1 fully saturated rings. The van der Waals surface area contributed by atoms with Gasteiger partial charge in [-0.3, -0.25) is 4.79 Å². The summed E-state index contributed by atoms with van der Waals surface area (Å²) in [5.41, 5.74) is 2.20. The molecule has 1 amide bonds. The zero-order valence-electron chi connectivity index (χ0n) is 13.5. The van der Waals surface area contributed by atoms with Gasteiger partial charge < -0.3 is 19.5 Å². The molecule has 1 heterocycles. The van der Waals surface area contributed by atoms with Crippen LogP contribution in [0.1, 0.15) is 23.5 Å². The van der Waals surface area contributed by atoms with Crippen molar-refractivity contribution < 1.29 is 19.0 Å². The number of hydrogen-bond acceptors (Lipinski definition) is 4. The highest BCUT2D eigenvalue weighted by Crippen LogP contribution is 2.47. The highest BCUT2D eigenvalue weighted by Gasteiger charge is 2.43. The Morgan fingerprint density at radius 3 is 2.75 bits per heavy atom. The SMILES string of the molecule is COc1ccc(C2CC2C(=O)NCc2ccc3c(c2)OCO3)cc1. The largest absolute Gasteiger partial charge is 0.497 e. The van der Waals surface area contributed by atoms with Crippen LogP contribution in [0.5, 0.6) is 17.2 Å². The molecule has 1 saturated carbocycles. The van der Waals surface area contributed by atoms with E-state index in [9.17, 15) is 4.79 Å². The molecule has 1 N–H and O–H groups in total. The van der Waals surface area contributed by atoms with Crippen molar-refractivity contribution >= 4 is 5.91 Å². The van der Waals surface area contributed by atoms with Crippen LogP contribution in [0.4, 0.5) is 0 Å². The van der Waals surface area contributed by atoms with Crippen LogP contribution < -0.4 is 19.5 Å². The summed E-state index contributed by atoms with van der Waals surface area (Å²) in [4.78, 5) is 12.3. The minimum absolute atomic E-state index is 0.0624. The summed E-state index contributed by atoms with van der Waals surface area (Å²) in [5.74, 6) is 2.81. The normalized spacial score (nSPS) is 20.5. The molecule has 2 aromatic rings. The first-order valence-electron chi connectivity index (χ1n) is 8.05. The number of fused-ring (bicyclic) bond motifs is 1. The molecular weight excluding hydrogens is 306 g/mol. The first-order valence-corrected chi connectivity index (χ1v) is 8.05. The second-order valence-electron chi connectivity index (χ2n) is 6.13. The molecule has 2 unspecified atom stereocenters. The number of rotatable bonds is 5. The highest BCUT2D eigenvalue weighted by molar-refractivity contribution is 5.82. The third-order valence-corrected chi connectivity index (χ3v) is 4.57. The van der Waals surface area contributed by atoms with Crippen LogP contribution >= 0.6 is 0 Å². The van der Waals surface area contributed by atoms with Crippen LogP contribution in [0.15, 0.2) is 42.5 Å². The molecule has 2 aliphatic rings. The Labute approximate surface area is 140 Å². The monoisotopic (exact) mass is 325 g/mol. The predicted molar refractivity (Wildman–Crippen MR) is 88.3 cm³/mol. The first kappa shape index (κ1) is 14.9. The van der Waals surface area contributed by atoms with Crippen molar-refractivity contribution in [3.05, 3.63) is 53.6 Å². The van der Waals surface area contributed by atoms with Gasteiger partial charge in [0.2, 0.25) is 12.7 Å². The van der Waals surface area contributed by atoms with Crippen molar-refractivity contribution in [1.82, 2.24) is 5.32 Å². The van der Waals surface area contributed by atoms with Crippen molar-refractivity contribution in [2.45, 2.75) is 18.9 Å². The lowest BCUT2D eigenvalue weighted by Gasteiger charge is -2.07. The number of methoxy groups -OCH3 is 1. The molecule has 0 aromatic heterocycles. The molecule has 2 aromatic carbocycles. The van der Waals surface area contributed by atoms with E-state index in [1.54, 1.807) is 7.11 Å². The summed E-state index contributed by atoms with van der Waals surface area (Å²) >= 11 is 0. The van der Waals surface area contributed by atoms with Gasteiger partial charge >= 0.3 is 0 Å². The Balaban J connectivity index is 1.32. The molecule has 0 saturated heterocycles. The lowest BCUT2D eigenvalue weighted by molar-refractivity contribution is -0.122. The molecular formula is C19H19NO4. The topological polar surface area (TPSA) is 56.8 Å². The fraction of sp³-hybridized carbons (Fsp3) is 0.316. The fourth-order valence-electron chi connectivity index (χ4n) is 3.08. The van der Waals surface area contributed by atoms with Gasteiger partial charge in [-0.2, -0.15) is 0 Å². The quantitative estimate of drug-likeness (QED) is 0.918. The number of carbonyl (C=O) groups is 1.